The molecule has 0 bridgehead atoms. The summed E-state index contributed by atoms with van der Waals surface area (Å²) in [6.07, 6.45) is -35.0. The van der Waals surface area contributed by atoms with E-state index in [0.29, 0.717) is 0 Å². The molecule has 0 saturated carbocycles. The van der Waals surface area contributed by atoms with Gasteiger partial charge < -0.3 is 118 Å². The summed E-state index contributed by atoms with van der Waals surface area (Å²) in [5, 5.41) is 139. The van der Waals surface area contributed by atoms with Crippen molar-refractivity contribution in [3.8, 4) is 40.1 Å². The van der Waals surface area contributed by atoms with Crippen molar-refractivity contribution in [3.05, 3.63) is 76.5 Å². The van der Waals surface area contributed by atoms with Crippen molar-refractivity contribution < 1.29 is 123 Å². The van der Waals surface area contributed by atoms with Crippen LogP contribution in [0.1, 0.15) is 24.2 Å². The molecule has 4 saturated heterocycles. The van der Waals surface area contributed by atoms with E-state index < -0.39 is 176 Å². The Bertz CT molecular complexity index is 2590. The molecule has 4 fully saturated rings. The van der Waals surface area contributed by atoms with Crippen molar-refractivity contribution in [3.63, 3.8) is 0 Å². The highest BCUT2D eigenvalue weighted by Crippen LogP contribution is 2.40. The Morgan fingerprint density at radius 1 is 0.630 bits per heavy atom. The Hall–Kier alpha value is -5.34. The number of benzene rings is 3. The first-order valence-electron chi connectivity index (χ1n) is 22.8. The summed E-state index contributed by atoms with van der Waals surface area (Å²) in [7, 11) is 1.32. The van der Waals surface area contributed by atoms with E-state index in [-0.39, 0.29) is 28.4 Å². The number of carbonyl (C=O) groups excluding carboxylic acids is 1. The van der Waals surface area contributed by atoms with Gasteiger partial charge in [-0.3, -0.25) is 4.79 Å². The van der Waals surface area contributed by atoms with E-state index in [1.807, 2.05) is 0 Å². The SMILES string of the molecule is COc1ccccc1C(=O)O[C@H]1[C@H](Oc2cc(O)c3c(=O)c(O[C@@H]4O[C@H](CO[C@@H]5O[C@@H](C)[C@H](O)[C@@H](O)[C@H]5O)[C@H](O)[C@H](O)[C@H]4O[C@@H]4O[C@H](CO)[C@@H](O)[C@H](O)[C@H]4O)c(-c4ccc(O)cc4)oc3c2)O[C@@H](C)[C@H](O)[C@H]1O. The first-order valence-corrected chi connectivity index (χ1v) is 22.8. The van der Waals surface area contributed by atoms with Crippen LogP contribution in [0.5, 0.6) is 28.7 Å². The lowest BCUT2D eigenvalue weighted by Crippen LogP contribution is -2.65. The largest absolute Gasteiger partial charge is 0.508 e. The second-order valence-corrected chi connectivity index (χ2v) is 17.8. The van der Waals surface area contributed by atoms with E-state index in [9.17, 15) is 76.0 Å². The van der Waals surface area contributed by atoms with Crippen LogP contribution in [0.4, 0.5) is 0 Å². The molecule has 3 aromatic carbocycles. The summed E-state index contributed by atoms with van der Waals surface area (Å²) in [5.74, 6) is -3.47. The number of fused-ring (bicyclic) bond motifs is 1. The number of carbonyl (C=O) groups is 1. The maximum absolute atomic E-state index is 14.8. The zero-order chi connectivity index (χ0) is 52.7. The molecule has 4 aliphatic heterocycles. The average molecular weight is 1040 g/mol. The molecule has 0 unspecified atom stereocenters. The number of aliphatic hydroxyl groups excluding tert-OH is 11. The number of hydrogen-bond acceptors (Lipinski definition) is 26. The van der Waals surface area contributed by atoms with Gasteiger partial charge in [-0.15, -0.1) is 0 Å². The minimum absolute atomic E-state index is 0.0171. The van der Waals surface area contributed by atoms with Gasteiger partial charge >= 0.3 is 5.97 Å². The van der Waals surface area contributed by atoms with E-state index in [0.717, 1.165) is 12.1 Å². The van der Waals surface area contributed by atoms with Gasteiger partial charge in [0.05, 0.1) is 32.5 Å². The first-order chi connectivity index (χ1) is 34.7. The molecule has 26 heteroatoms. The highest BCUT2D eigenvalue weighted by Gasteiger charge is 2.53. The molecular formula is C47H56O26. The molecule has 0 spiro atoms. The standard InChI is InChI=1S/C47H56O26/c1-16-28(51)33(56)37(60)44(65-16)64-15-26-31(54)36(59)42(73-45-38(61)34(57)30(53)25(14-48)69-45)47(70-26)72-40-32(55)27-22(50)12-20(13-24(27)68-39(40)18-8-10-19(49)11-9-18)67-46-41(35(58)29(52)17(2)66-46)71-43(62)21-6-4-5-7-23(21)63-3/h4-13,16-17,25-26,28-31,33-38,41-42,44-54,56-61H,14-15H2,1-3H3/t16-,17-,25+,26+,28-,29-,30+,31-,33+,34-,35+,36-,37+,38+,41+,42+,44+,45-,46-,47-/m0/s1. The topological polar surface area (TPSA) is 403 Å². The van der Waals surface area contributed by atoms with Crippen LogP contribution in [-0.2, 0) is 33.2 Å². The number of aliphatic hydroxyl groups is 11. The Kier molecular flexibility index (Phi) is 16.4. The Labute approximate surface area is 412 Å². The lowest BCUT2D eigenvalue weighted by molar-refractivity contribution is -0.362. The molecule has 4 aliphatic rings. The van der Waals surface area contributed by atoms with Gasteiger partial charge in [0.1, 0.15) is 113 Å². The normalized spacial score (nSPS) is 36.8. The van der Waals surface area contributed by atoms with Crippen LogP contribution in [0.2, 0.25) is 0 Å². The third-order valence-corrected chi connectivity index (χ3v) is 12.9. The van der Waals surface area contributed by atoms with Crippen LogP contribution in [-0.4, -0.2) is 216 Å². The molecule has 5 heterocycles. The number of phenols is 2. The lowest BCUT2D eigenvalue weighted by atomic mass is 9.97. The van der Waals surface area contributed by atoms with Gasteiger partial charge in [0.25, 0.3) is 0 Å². The van der Waals surface area contributed by atoms with E-state index in [1.165, 1.54) is 63.4 Å². The molecule has 8 rings (SSSR count). The monoisotopic (exact) mass is 1040 g/mol. The first kappa shape index (κ1) is 53.9. The number of esters is 1. The van der Waals surface area contributed by atoms with Gasteiger partial charge in [-0.2, -0.15) is 0 Å². The van der Waals surface area contributed by atoms with Crippen molar-refractivity contribution in [1.82, 2.24) is 0 Å². The molecule has 0 aliphatic carbocycles. The predicted molar refractivity (Wildman–Crippen MR) is 239 cm³/mol. The molecule has 1 aromatic heterocycles. The van der Waals surface area contributed by atoms with Crippen LogP contribution in [0.25, 0.3) is 22.3 Å². The molecule has 73 heavy (non-hydrogen) atoms. The molecule has 0 radical (unpaired) electrons. The van der Waals surface area contributed by atoms with Crippen LogP contribution < -0.4 is 19.6 Å². The van der Waals surface area contributed by atoms with E-state index in [4.69, 9.17) is 51.8 Å². The van der Waals surface area contributed by atoms with Crippen LogP contribution in [0.15, 0.2) is 69.9 Å². The molecular weight excluding hydrogens is 980 g/mol. The van der Waals surface area contributed by atoms with E-state index in [1.54, 1.807) is 6.07 Å². The summed E-state index contributed by atoms with van der Waals surface area (Å²) in [5.41, 5.74) is -1.58. The predicted octanol–water partition coefficient (Wildman–Crippen LogP) is -3.19. The van der Waals surface area contributed by atoms with Gasteiger partial charge in [-0.25, -0.2) is 4.79 Å². The Morgan fingerprint density at radius 3 is 1.90 bits per heavy atom. The molecule has 20 atom stereocenters. The van der Waals surface area contributed by atoms with Gasteiger partial charge in [-0.05, 0) is 50.2 Å². The zero-order valence-electron chi connectivity index (χ0n) is 38.9. The number of phenolic OH excluding ortho intramolecular Hbond substituents is 2. The maximum Gasteiger partial charge on any atom is 0.342 e. The van der Waals surface area contributed by atoms with Crippen molar-refractivity contribution in [2.24, 2.45) is 0 Å². The highest BCUT2D eigenvalue weighted by molar-refractivity contribution is 5.92. The van der Waals surface area contributed by atoms with E-state index in [2.05, 4.69) is 0 Å². The fourth-order valence-corrected chi connectivity index (χ4v) is 8.67. The number of methoxy groups -OCH3 is 1. The molecule has 0 amide bonds. The minimum Gasteiger partial charge on any atom is -0.508 e. The average Bonchev–Trinajstić information content (AvgIpc) is 3.37. The Morgan fingerprint density at radius 2 is 1.22 bits per heavy atom. The van der Waals surface area contributed by atoms with Gasteiger partial charge in [0.15, 0.2) is 30.5 Å². The van der Waals surface area contributed by atoms with Crippen LogP contribution in [0, 0.1) is 0 Å². The molecule has 400 valence electrons. The summed E-state index contributed by atoms with van der Waals surface area (Å²) in [4.78, 5) is 28.2. The zero-order valence-corrected chi connectivity index (χ0v) is 38.9. The summed E-state index contributed by atoms with van der Waals surface area (Å²) in [6, 6.07) is 13.1. The van der Waals surface area contributed by atoms with E-state index >= 15 is 0 Å². The number of ether oxygens (including phenoxy) is 10. The number of hydrogen-bond donors (Lipinski definition) is 13. The van der Waals surface area contributed by atoms with Crippen molar-refractivity contribution in [1.29, 1.82) is 0 Å². The maximum atomic E-state index is 14.8. The summed E-state index contributed by atoms with van der Waals surface area (Å²) >= 11 is 0. The van der Waals surface area contributed by atoms with Gasteiger partial charge in [0, 0.05) is 17.7 Å². The van der Waals surface area contributed by atoms with Crippen molar-refractivity contribution >= 4 is 16.9 Å². The number of aromatic hydroxyl groups is 2. The number of rotatable bonds is 14. The van der Waals surface area contributed by atoms with Crippen LogP contribution in [0.3, 0.4) is 0 Å². The summed E-state index contributed by atoms with van der Waals surface area (Å²) < 4.78 is 63.6. The fourth-order valence-electron chi connectivity index (χ4n) is 8.67. The van der Waals surface area contributed by atoms with Crippen molar-refractivity contribution in [2.45, 2.75) is 137 Å². The lowest BCUT2D eigenvalue weighted by Gasteiger charge is -2.46. The third-order valence-electron chi connectivity index (χ3n) is 12.9. The third kappa shape index (κ3) is 10.8. The summed E-state index contributed by atoms with van der Waals surface area (Å²) in [6.45, 7) is 1.13. The Balaban J connectivity index is 1.16. The van der Waals surface area contributed by atoms with Crippen LogP contribution >= 0.6 is 0 Å². The molecule has 4 aromatic rings. The minimum atomic E-state index is -2.15. The van der Waals surface area contributed by atoms with Crippen molar-refractivity contribution in [2.75, 3.05) is 20.3 Å². The smallest absolute Gasteiger partial charge is 0.342 e. The second kappa shape index (κ2) is 22.2. The fraction of sp³-hybridized carbons (Fsp3) is 0.532. The highest BCUT2D eigenvalue weighted by atomic mass is 16.8. The number of para-hydroxylation sites is 1. The quantitative estimate of drug-likeness (QED) is 0.0553. The molecule has 26 nitrogen and oxygen atoms in total. The van der Waals surface area contributed by atoms with Gasteiger partial charge in [0.2, 0.25) is 23.8 Å². The van der Waals surface area contributed by atoms with Gasteiger partial charge in [-0.1, -0.05) is 12.1 Å². The molecule has 13 N–H and O–H groups in total. The second-order valence-electron chi connectivity index (χ2n) is 17.8.